The van der Waals surface area contributed by atoms with Gasteiger partial charge in [-0.1, -0.05) is 43.2 Å². The van der Waals surface area contributed by atoms with Crippen molar-refractivity contribution in [3.05, 3.63) is 35.9 Å². The molecule has 2 aliphatic heterocycles. The van der Waals surface area contributed by atoms with Crippen molar-refractivity contribution in [2.45, 2.75) is 74.5 Å². The zero-order chi connectivity index (χ0) is 17.7. The van der Waals surface area contributed by atoms with Gasteiger partial charge in [0.25, 0.3) is 0 Å². The molecule has 2 saturated heterocycles. The van der Waals surface area contributed by atoms with Crippen LogP contribution in [0.4, 0.5) is 0 Å². The topological polar surface area (TPSA) is 60.8 Å². The molecule has 0 spiro atoms. The van der Waals surface area contributed by atoms with Crippen LogP contribution in [0.3, 0.4) is 0 Å². The summed E-state index contributed by atoms with van der Waals surface area (Å²) in [5.74, 6) is -0.846. The molecule has 4 nitrogen and oxygen atoms in total. The first-order valence-electron chi connectivity index (χ1n) is 9.72. The molecule has 1 aromatic rings. The molecule has 1 saturated carbocycles. The van der Waals surface area contributed by atoms with E-state index in [0.29, 0.717) is 24.9 Å². The predicted octanol–water partition coefficient (Wildman–Crippen LogP) is 3.19. The molecule has 4 atom stereocenters. The molecule has 4 rings (SSSR count). The second-order valence-electron chi connectivity index (χ2n) is 8.44. The molecular weight excluding hydrogens is 314 g/mol. The van der Waals surface area contributed by atoms with Crippen LogP contribution >= 0.6 is 0 Å². The molecule has 2 heterocycles. The van der Waals surface area contributed by atoms with Crippen molar-refractivity contribution in [3.63, 3.8) is 0 Å². The summed E-state index contributed by atoms with van der Waals surface area (Å²) in [6.07, 6.45) is 7.07. The molecule has 3 fully saturated rings. The van der Waals surface area contributed by atoms with Crippen molar-refractivity contribution in [1.82, 2.24) is 4.90 Å². The van der Waals surface area contributed by atoms with Gasteiger partial charge in [0.1, 0.15) is 5.41 Å². The van der Waals surface area contributed by atoms with Gasteiger partial charge in [-0.15, -0.1) is 0 Å². The standard InChI is InChI=1S/C21H29NO3/c1-22-17-9-10-18(22)14-16(13-17)21(19(23)24,15-7-3-2-4-8-15)20(25)11-5-6-12-20/h2-4,7-8,16-18,25H,5-6,9-14H2,1H3,(H,23,24)/t16?,17-,18+,21?. The summed E-state index contributed by atoms with van der Waals surface area (Å²) in [5, 5.41) is 22.2. The zero-order valence-electron chi connectivity index (χ0n) is 15.0. The van der Waals surface area contributed by atoms with Gasteiger partial charge in [-0.25, -0.2) is 0 Å². The maximum Gasteiger partial charge on any atom is 0.317 e. The van der Waals surface area contributed by atoms with Gasteiger partial charge in [0.2, 0.25) is 0 Å². The third-order valence-electron chi connectivity index (χ3n) is 7.44. The number of carbonyl (C=O) groups is 1. The van der Waals surface area contributed by atoms with Crippen LogP contribution in [0.2, 0.25) is 0 Å². The van der Waals surface area contributed by atoms with Crippen LogP contribution in [0.1, 0.15) is 56.9 Å². The van der Waals surface area contributed by atoms with Gasteiger partial charge in [-0.05, 0) is 57.1 Å². The first-order chi connectivity index (χ1) is 12.0. The Balaban J connectivity index is 1.85. The lowest BCUT2D eigenvalue weighted by molar-refractivity contribution is -0.166. The second kappa shape index (κ2) is 6.10. The molecular formula is C21H29NO3. The first kappa shape index (κ1) is 17.0. The average Bonchev–Trinajstić information content (AvgIpc) is 3.09. The third-order valence-corrected chi connectivity index (χ3v) is 7.44. The Bertz CT molecular complexity index is 626. The van der Waals surface area contributed by atoms with E-state index >= 15 is 0 Å². The van der Waals surface area contributed by atoms with Gasteiger partial charge in [0, 0.05) is 12.1 Å². The predicted molar refractivity (Wildman–Crippen MR) is 96.5 cm³/mol. The molecule has 2 N–H and O–H groups in total. The zero-order valence-corrected chi connectivity index (χ0v) is 15.0. The SMILES string of the molecule is CN1[C@@H]2CC[C@H]1CC(C(C(=O)O)(c1ccccc1)C1(O)CCCC1)C2. The molecule has 4 heteroatoms. The smallest absolute Gasteiger partial charge is 0.317 e. The molecule has 1 aromatic carbocycles. The second-order valence-corrected chi connectivity index (χ2v) is 8.44. The number of aliphatic hydroxyl groups is 1. The van der Waals surface area contributed by atoms with Crippen molar-refractivity contribution in [3.8, 4) is 0 Å². The minimum Gasteiger partial charge on any atom is -0.480 e. The highest BCUT2D eigenvalue weighted by atomic mass is 16.4. The number of benzene rings is 1. The Labute approximate surface area is 149 Å². The largest absolute Gasteiger partial charge is 0.480 e. The molecule has 136 valence electrons. The summed E-state index contributed by atoms with van der Waals surface area (Å²) in [6, 6.07) is 10.5. The highest BCUT2D eigenvalue weighted by molar-refractivity contribution is 5.84. The molecule has 0 aromatic heterocycles. The lowest BCUT2D eigenvalue weighted by atomic mass is 9.56. The van der Waals surface area contributed by atoms with Crippen LogP contribution in [-0.2, 0) is 10.2 Å². The summed E-state index contributed by atoms with van der Waals surface area (Å²) in [5.41, 5.74) is -1.53. The van der Waals surface area contributed by atoms with Gasteiger partial charge >= 0.3 is 5.97 Å². The summed E-state index contributed by atoms with van der Waals surface area (Å²) < 4.78 is 0. The number of rotatable bonds is 4. The van der Waals surface area contributed by atoms with Crippen molar-refractivity contribution < 1.29 is 15.0 Å². The van der Waals surface area contributed by atoms with Crippen LogP contribution in [0, 0.1) is 5.92 Å². The summed E-state index contributed by atoms with van der Waals surface area (Å²) in [6.45, 7) is 0. The summed E-state index contributed by atoms with van der Waals surface area (Å²) >= 11 is 0. The van der Waals surface area contributed by atoms with E-state index in [4.69, 9.17) is 0 Å². The molecule has 0 radical (unpaired) electrons. The molecule has 3 aliphatic rings. The maximum absolute atomic E-state index is 12.9. The summed E-state index contributed by atoms with van der Waals surface area (Å²) in [7, 11) is 2.17. The maximum atomic E-state index is 12.9. The lowest BCUT2D eigenvalue weighted by Crippen LogP contribution is -2.62. The van der Waals surface area contributed by atoms with E-state index in [1.807, 2.05) is 30.3 Å². The van der Waals surface area contributed by atoms with E-state index in [1.54, 1.807) is 0 Å². The number of hydrogen-bond acceptors (Lipinski definition) is 3. The van der Waals surface area contributed by atoms with E-state index in [-0.39, 0.29) is 5.92 Å². The Morgan fingerprint density at radius 2 is 1.68 bits per heavy atom. The van der Waals surface area contributed by atoms with Crippen molar-refractivity contribution in [2.24, 2.45) is 5.92 Å². The normalized spacial score (nSPS) is 33.9. The third kappa shape index (κ3) is 2.37. The molecule has 2 bridgehead atoms. The molecule has 2 unspecified atom stereocenters. The van der Waals surface area contributed by atoms with Crippen LogP contribution in [0.5, 0.6) is 0 Å². The van der Waals surface area contributed by atoms with Gasteiger partial charge in [0.05, 0.1) is 5.60 Å². The van der Waals surface area contributed by atoms with E-state index in [2.05, 4.69) is 11.9 Å². The van der Waals surface area contributed by atoms with E-state index in [0.717, 1.165) is 44.1 Å². The highest BCUT2D eigenvalue weighted by Crippen LogP contribution is 2.55. The van der Waals surface area contributed by atoms with Crippen molar-refractivity contribution >= 4 is 5.97 Å². The minimum absolute atomic E-state index is 0.0100. The van der Waals surface area contributed by atoms with Crippen LogP contribution in [-0.4, -0.2) is 45.8 Å². The average molecular weight is 343 g/mol. The lowest BCUT2D eigenvalue weighted by Gasteiger charge is -2.51. The van der Waals surface area contributed by atoms with Crippen molar-refractivity contribution in [2.75, 3.05) is 7.05 Å². The first-order valence-corrected chi connectivity index (χ1v) is 9.72. The Morgan fingerprint density at radius 3 is 2.20 bits per heavy atom. The van der Waals surface area contributed by atoms with Gasteiger partial charge in [-0.2, -0.15) is 0 Å². The molecule has 1 aliphatic carbocycles. The minimum atomic E-state index is -1.19. The number of carboxylic acid groups (broad SMARTS) is 1. The molecule has 25 heavy (non-hydrogen) atoms. The number of carboxylic acids is 1. The fraction of sp³-hybridized carbons (Fsp3) is 0.667. The van der Waals surface area contributed by atoms with Crippen molar-refractivity contribution in [1.29, 1.82) is 0 Å². The van der Waals surface area contributed by atoms with Crippen LogP contribution < -0.4 is 0 Å². The number of hydrogen-bond donors (Lipinski definition) is 2. The number of piperidine rings is 1. The number of nitrogens with zero attached hydrogens (tertiary/aromatic N) is 1. The fourth-order valence-electron chi connectivity index (χ4n) is 6.20. The van der Waals surface area contributed by atoms with E-state index in [9.17, 15) is 15.0 Å². The van der Waals surface area contributed by atoms with Gasteiger partial charge < -0.3 is 15.1 Å². The van der Waals surface area contributed by atoms with E-state index < -0.39 is 17.0 Å². The Morgan fingerprint density at radius 1 is 1.12 bits per heavy atom. The van der Waals surface area contributed by atoms with Gasteiger partial charge in [-0.3, -0.25) is 4.79 Å². The number of aliphatic carboxylic acids is 1. The van der Waals surface area contributed by atoms with Gasteiger partial charge in [0.15, 0.2) is 0 Å². The number of fused-ring (bicyclic) bond motifs is 2. The monoisotopic (exact) mass is 343 g/mol. The fourth-order valence-corrected chi connectivity index (χ4v) is 6.20. The Kier molecular flexibility index (Phi) is 4.16. The Hall–Kier alpha value is -1.39. The van der Waals surface area contributed by atoms with Crippen LogP contribution in [0.15, 0.2) is 30.3 Å². The molecule has 0 amide bonds. The highest BCUT2D eigenvalue weighted by Gasteiger charge is 2.63. The van der Waals surface area contributed by atoms with Crippen LogP contribution in [0.25, 0.3) is 0 Å². The quantitative estimate of drug-likeness (QED) is 0.881. The van der Waals surface area contributed by atoms with E-state index in [1.165, 1.54) is 0 Å². The summed E-state index contributed by atoms with van der Waals surface area (Å²) in [4.78, 5) is 15.3.